The van der Waals surface area contributed by atoms with Crippen molar-refractivity contribution in [2.45, 2.75) is 88.6 Å². The van der Waals surface area contributed by atoms with E-state index >= 15 is 0 Å². The quantitative estimate of drug-likeness (QED) is 0.101. The van der Waals surface area contributed by atoms with Crippen molar-refractivity contribution in [2.75, 3.05) is 27.4 Å². The molecule has 0 spiro atoms. The van der Waals surface area contributed by atoms with Gasteiger partial charge < -0.3 is 44.6 Å². The Hall–Kier alpha value is -5.64. The first-order valence-corrected chi connectivity index (χ1v) is 23.2. The van der Waals surface area contributed by atoms with Gasteiger partial charge in [0, 0.05) is 36.4 Å². The van der Waals surface area contributed by atoms with Gasteiger partial charge in [-0.25, -0.2) is 19.6 Å². The Balaban J connectivity index is 0.843. The van der Waals surface area contributed by atoms with Crippen LogP contribution in [0.4, 0.5) is 9.59 Å². The van der Waals surface area contributed by atoms with Crippen molar-refractivity contribution < 1.29 is 33.4 Å². The number of carbonyl (C=O) groups excluding carboxylic acids is 4. The predicted octanol–water partition coefficient (Wildman–Crippen LogP) is 8.45. The number of fused-ring (bicyclic) bond motifs is 3. The van der Waals surface area contributed by atoms with Crippen LogP contribution in [0.25, 0.3) is 44.4 Å². The molecule has 10 rings (SSSR count). The molecular formula is C48H52Cl2N8O7. The standard InChI is InChI=1S/C48H52Cl2N8O7/c1-23(2)37(53-47(61)63-3)45(59)57-33-19-31(33)21-35(57)43-51-38(41(49)55-43)25-7-5-24(6-8-25)27-9-10-29-18-30(12-11-28(29)17-27)39-42(50)56-44(52-39)36-22-32-20-34(32)58(36)46(60)40(54-48(62)64-4)26-13-15-65-16-14-26/h5-12,17-18,23,26,31-37,40H,13-16,19-22H2,1-4H3,(H,51,55)(H,52,56)(H,53,61)(H,54,62)/t31-,32-,33-,34-,35+,36?,37+,40+/m1/s1. The maximum Gasteiger partial charge on any atom is 0.407 e. The second-order valence-corrected chi connectivity index (χ2v) is 19.2. The van der Waals surface area contributed by atoms with Gasteiger partial charge in [0.15, 0.2) is 10.3 Å². The molecule has 4 N–H and O–H groups in total. The van der Waals surface area contributed by atoms with Crippen molar-refractivity contribution in [1.82, 2.24) is 40.4 Å². The van der Waals surface area contributed by atoms with Crippen LogP contribution in [0.2, 0.25) is 10.3 Å². The van der Waals surface area contributed by atoms with Crippen LogP contribution in [0, 0.1) is 23.7 Å². The van der Waals surface area contributed by atoms with Crippen molar-refractivity contribution in [3.8, 4) is 33.6 Å². The molecule has 5 heterocycles. The monoisotopic (exact) mass is 922 g/mol. The summed E-state index contributed by atoms with van der Waals surface area (Å²) in [6.07, 6.45) is 3.51. The molecular weight excluding hydrogens is 871 g/mol. The van der Waals surface area contributed by atoms with E-state index < -0.39 is 24.3 Å². The molecule has 17 heteroatoms. The number of amides is 4. The van der Waals surface area contributed by atoms with Gasteiger partial charge in [0.25, 0.3) is 0 Å². The molecule has 3 aromatic carbocycles. The molecule has 5 aliphatic rings. The number of nitrogens with one attached hydrogen (secondary N) is 4. The highest BCUT2D eigenvalue weighted by atomic mass is 35.5. The first-order chi connectivity index (χ1) is 31.4. The summed E-state index contributed by atoms with van der Waals surface area (Å²) in [4.78, 5) is 72.9. The summed E-state index contributed by atoms with van der Waals surface area (Å²) in [7, 11) is 2.60. The third-order valence-electron chi connectivity index (χ3n) is 14.2. The largest absolute Gasteiger partial charge is 0.453 e. The van der Waals surface area contributed by atoms with Crippen molar-refractivity contribution >= 4 is 58.0 Å². The molecule has 4 amide bonds. The summed E-state index contributed by atoms with van der Waals surface area (Å²) >= 11 is 13.6. The average Bonchev–Trinajstić information content (AvgIpc) is 4.03. The van der Waals surface area contributed by atoms with Gasteiger partial charge in [-0.3, -0.25) is 9.59 Å². The molecule has 2 aromatic heterocycles. The number of rotatable bonds is 11. The lowest BCUT2D eigenvalue weighted by atomic mass is 9.90. The summed E-state index contributed by atoms with van der Waals surface area (Å²) < 4.78 is 15.3. The van der Waals surface area contributed by atoms with Gasteiger partial charge in [0.2, 0.25) is 11.8 Å². The fraction of sp³-hybridized carbons (Fsp3) is 0.458. The number of piperidine rings is 2. The molecule has 2 saturated carbocycles. The Labute approximate surface area is 386 Å². The Morgan fingerprint density at radius 2 is 1.17 bits per heavy atom. The molecule has 5 fully saturated rings. The number of halogens is 2. The van der Waals surface area contributed by atoms with Crippen LogP contribution in [0.3, 0.4) is 0 Å². The van der Waals surface area contributed by atoms with Crippen LogP contribution in [-0.4, -0.2) is 105 Å². The van der Waals surface area contributed by atoms with E-state index in [2.05, 4.69) is 63.1 Å². The van der Waals surface area contributed by atoms with Crippen LogP contribution >= 0.6 is 23.2 Å². The van der Waals surface area contributed by atoms with Gasteiger partial charge in [0.05, 0.1) is 37.7 Å². The van der Waals surface area contributed by atoms with Crippen LogP contribution in [0.15, 0.2) is 60.7 Å². The van der Waals surface area contributed by atoms with E-state index in [1.807, 2.05) is 41.8 Å². The number of aromatic amines is 2. The SMILES string of the molecule is COC(=O)N[C@H](C(=O)N1[C@@H]2C[C@@H]2C[C@H]1c1nc(Cl)c(-c2ccc(-c3ccc4cc(-c5[nH]c(C6C[C@H]7C[C@H]7N6C(=O)[C@@H](NC(=O)OC)C6CCOCC6)nc5Cl)ccc4c3)cc2)[nH]1)C(C)C. The minimum Gasteiger partial charge on any atom is -0.453 e. The van der Waals surface area contributed by atoms with Crippen LogP contribution in [0.5, 0.6) is 0 Å². The maximum absolute atomic E-state index is 14.3. The highest BCUT2D eigenvalue weighted by molar-refractivity contribution is 6.32. The van der Waals surface area contributed by atoms with Crippen molar-refractivity contribution in [1.29, 1.82) is 0 Å². The number of nitrogens with zero attached hydrogens (tertiary/aromatic N) is 4. The maximum atomic E-state index is 14.3. The number of alkyl carbamates (subject to hydrolysis) is 2. The third kappa shape index (κ3) is 8.20. The lowest BCUT2D eigenvalue weighted by Crippen LogP contribution is -2.54. The number of imidazole rings is 2. The van der Waals surface area contributed by atoms with Crippen molar-refractivity contribution in [2.24, 2.45) is 23.7 Å². The van der Waals surface area contributed by atoms with Gasteiger partial charge >= 0.3 is 12.2 Å². The number of hydrogen-bond acceptors (Lipinski definition) is 9. The number of methoxy groups -OCH3 is 2. The number of likely N-dealkylation sites (tertiary alicyclic amines) is 2. The summed E-state index contributed by atoms with van der Waals surface area (Å²) in [6, 6.07) is 18.8. The molecule has 2 aliphatic carbocycles. The Morgan fingerprint density at radius 3 is 1.74 bits per heavy atom. The highest BCUT2D eigenvalue weighted by Crippen LogP contribution is 2.55. The van der Waals surface area contributed by atoms with Crippen LogP contribution < -0.4 is 10.6 Å². The first kappa shape index (κ1) is 43.3. The minimum absolute atomic E-state index is 0.0551. The van der Waals surface area contributed by atoms with E-state index in [4.69, 9.17) is 47.4 Å². The van der Waals surface area contributed by atoms with Gasteiger partial charge in [-0.05, 0) is 96.2 Å². The number of aromatic nitrogens is 4. The molecule has 0 radical (unpaired) electrons. The highest BCUT2D eigenvalue weighted by Gasteiger charge is 2.58. The Morgan fingerprint density at radius 1 is 0.677 bits per heavy atom. The smallest absolute Gasteiger partial charge is 0.407 e. The first-order valence-electron chi connectivity index (χ1n) is 22.5. The Bertz CT molecular complexity index is 2660. The zero-order chi connectivity index (χ0) is 45.3. The predicted molar refractivity (Wildman–Crippen MR) is 244 cm³/mol. The lowest BCUT2D eigenvalue weighted by Gasteiger charge is -2.35. The number of hydrogen-bond donors (Lipinski definition) is 4. The summed E-state index contributed by atoms with van der Waals surface area (Å²) in [6.45, 7) is 4.89. The summed E-state index contributed by atoms with van der Waals surface area (Å²) in [5, 5.41) is 8.31. The van der Waals surface area contributed by atoms with E-state index in [9.17, 15) is 19.2 Å². The fourth-order valence-electron chi connectivity index (χ4n) is 10.5. The number of benzene rings is 3. The average molecular weight is 924 g/mol. The topological polar surface area (TPSA) is 184 Å². The summed E-state index contributed by atoms with van der Waals surface area (Å²) in [5.74, 6) is 1.59. The van der Waals surface area contributed by atoms with E-state index in [1.165, 1.54) is 14.2 Å². The third-order valence-corrected chi connectivity index (χ3v) is 14.7. The van der Waals surface area contributed by atoms with Gasteiger partial charge in [0.1, 0.15) is 23.7 Å². The molecule has 0 bridgehead atoms. The molecule has 5 aromatic rings. The molecule has 1 unspecified atom stereocenters. The fourth-order valence-corrected chi connectivity index (χ4v) is 11.0. The molecule has 8 atom stereocenters. The normalized spacial score (nSPS) is 24.4. The van der Waals surface area contributed by atoms with Gasteiger partial charge in [-0.15, -0.1) is 0 Å². The summed E-state index contributed by atoms with van der Waals surface area (Å²) in [5.41, 5.74) is 5.18. The molecule has 65 heavy (non-hydrogen) atoms. The number of H-pyrrole nitrogens is 2. The van der Waals surface area contributed by atoms with Gasteiger partial charge in [-0.1, -0.05) is 85.6 Å². The van der Waals surface area contributed by atoms with Gasteiger partial charge in [-0.2, -0.15) is 0 Å². The van der Waals surface area contributed by atoms with Crippen LogP contribution in [-0.2, 0) is 23.8 Å². The second kappa shape index (κ2) is 17.3. The molecule has 15 nitrogen and oxygen atoms in total. The second-order valence-electron chi connectivity index (χ2n) is 18.5. The Kier molecular flexibility index (Phi) is 11.5. The zero-order valence-electron chi connectivity index (χ0n) is 36.6. The van der Waals surface area contributed by atoms with Crippen molar-refractivity contribution in [3.05, 3.63) is 82.6 Å². The molecule has 340 valence electrons. The zero-order valence-corrected chi connectivity index (χ0v) is 38.1. The van der Waals surface area contributed by atoms with Crippen LogP contribution in [0.1, 0.15) is 76.1 Å². The van der Waals surface area contributed by atoms with E-state index in [-0.39, 0.29) is 47.8 Å². The minimum atomic E-state index is -0.720. The van der Waals surface area contributed by atoms with E-state index in [1.54, 1.807) is 0 Å². The molecule has 3 aliphatic heterocycles. The van der Waals surface area contributed by atoms with E-state index in [0.717, 1.165) is 58.7 Å². The number of ether oxygens (including phenoxy) is 3. The van der Waals surface area contributed by atoms with E-state index in [0.29, 0.717) is 71.2 Å². The van der Waals surface area contributed by atoms with Crippen molar-refractivity contribution in [3.63, 3.8) is 0 Å². The lowest BCUT2D eigenvalue weighted by molar-refractivity contribution is -0.138. The number of carbonyl (C=O) groups is 4. The molecule has 3 saturated heterocycles.